The number of nitrogens with zero attached hydrogens (tertiary/aromatic N) is 2. The Morgan fingerprint density at radius 3 is 2.39 bits per heavy atom. The summed E-state index contributed by atoms with van der Waals surface area (Å²) in [6.07, 6.45) is 0.915. The summed E-state index contributed by atoms with van der Waals surface area (Å²) in [5.41, 5.74) is 1.86. The van der Waals surface area contributed by atoms with Gasteiger partial charge in [-0.15, -0.1) is 0 Å². The number of nitrogens with one attached hydrogen (secondary N) is 2. The molecule has 2 aromatic carbocycles. The first-order valence-corrected chi connectivity index (χ1v) is 10.8. The fourth-order valence-corrected chi connectivity index (χ4v) is 3.36. The predicted octanol–water partition coefficient (Wildman–Crippen LogP) is 3.85. The molecule has 0 spiro atoms. The van der Waals surface area contributed by atoms with Crippen LogP contribution >= 0.6 is 0 Å². The number of carbonyl (C=O) groups is 2. The lowest BCUT2D eigenvalue weighted by molar-refractivity contribution is -0.123. The number of urea groups is 1. The molecule has 1 saturated heterocycles. The fraction of sp³-hybridized carbons (Fsp3) is 0.417. The van der Waals surface area contributed by atoms with Gasteiger partial charge in [0, 0.05) is 37.9 Å². The Morgan fingerprint density at radius 1 is 1.03 bits per heavy atom. The van der Waals surface area contributed by atoms with Gasteiger partial charge in [-0.1, -0.05) is 19.1 Å². The lowest BCUT2D eigenvalue weighted by Gasteiger charge is -2.34. The number of aryl methyl sites for hydroxylation is 1. The van der Waals surface area contributed by atoms with Crippen molar-refractivity contribution in [3.63, 3.8) is 0 Å². The number of amides is 3. The number of hydrogen-bond donors (Lipinski definition) is 2. The molecule has 1 atom stereocenters. The minimum atomic E-state index is -0.129. The molecule has 1 aliphatic heterocycles. The second-order valence-corrected chi connectivity index (χ2v) is 8.01. The molecule has 0 saturated carbocycles. The molecule has 0 bridgehead atoms. The molecular formula is C24H32N4O3. The highest BCUT2D eigenvalue weighted by atomic mass is 16.5. The van der Waals surface area contributed by atoms with E-state index in [1.54, 1.807) is 4.90 Å². The minimum Gasteiger partial charge on any atom is -0.457 e. The summed E-state index contributed by atoms with van der Waals surface area (Å²) in [7, 11) is 0. The summed E-state index contributed by atoms with van der Waals surface area (Å²) in [5.74, 6) is 1.54. The van der Waals surface area contributed by atoms with Crippen LogP contribution in [0.25, 0.3) is 0 Å². The summed E-state index contributed by atoms with van der Waals surface area (Å²) in [4.78, 5) is 28.5. The van der Waals surface area contributed by atoms with Gasteiger partial charge in [0.2, 0.25) is 5.91 Å². The largest absolute Gasteiger partial charge is 0.457 e. The lowest BCUT2D eigenvalue weighted by Crippen LogP contribution is -2.52. The zero-order valence-corrected chi connectivity index (χ0v) is 18.6. The Labute approximate surface area is 184 Å². The third-order valence-electron chi connectivity index (χ3n) is 5.38. The lowest BCUT2D eigenvalue weighted by atomic mass is 10.2. The zero-order chi connectivity index (χ0) is 22.2. The molecule has 166 valence electrons. The molecule has 3 amide bonds. The van der Waals surface area contributed by atoms with E-state index in [9.17, 15) is 9.59 Å². The van der Waals surface area contributed by atoms with Crippen molar-refractivity contribution in [3.05, 3.63) is 54.1 Å². The summed E-state index contributed by atoms with van der Waals surface area (Å²) in [6, 6.07) is 15.3. The van der Waals surface area contributed by atoms with Crippen molar-refractivity contribution in [2.24, 2.45) is 0 Å². The Kier molecular flexibility index (Phi) is 7.89. The van der Waals surface area contributed by atoms with Crippen LogP contribution in [0.5, 0.6) is 11.5 Å². The van der Waals surface area contributed by atoms with E-state index in [1.165, 1.54) is 0 Å². The van der Waals surface area contributed by atoms with E-state index >= 15 is 0 Å². The highest BCUT2D eigenvalue weighted by molar-refractivity contribution is 5.89. The first kappa shape index (κ1) is 22.6. The van der Waals surface area contributed by atoms with Crippen molar-refractivity contribution in [1.82, 2.24) is 15.1 Å². The third kappa shape index (κ3) is 7.00. The van der Waals surface area contributed by atoms with Gasteiger partial charge in [-0.25, -0.2) is 4.79 Å². The molecule has 1 aliphatic rings. The molecular weight excluding hydrogens is 392 g/mol. The van der Waals surface area contributed by atoms with Gasteiger partial charge in [-0.3, -0.25) is 9.69 Å². The molecule has 7 heteroatoms. The molecule has 1 fully saturated rings. The number of hydrogen-bond acceptors (Lipinski definition) is 4. The van der Waals surface area contributed by atoms with Crippen LogP contribution in [0.3, 0.4) is 0 Å². The van der Waals surface area contributed by atoms with Crippen LogP contribution in [-0.4, -0.2) is 60.5 Å². The molecule has 0 aliphatic carbocycles. The molecule has 31 heavy (non-hydrogen) atoms. The van der Waals surface area contributed by atoms with Gasteiger partial charge in [0.15, 0.2) is 0 Å². The SMILES string of the molecule is CCC(C)NC(=O)CN1CCN(C(=O)Nc2ccc(Oc3cccc(C)c3)cc2)CC1. The first-order valence-electron chi connectivity index (χ1n) is 10.8. The molecule has 2 aromatic rings. The van der Waals surface area contributed by atoms with Gasteiger partial charge < -0.3 is 20.3 Å². The normalized spacial score (nSPS) is 15.3. The number of piperazine rings is 1. The van der Waals surface area contributed by atoms with Crippen LogP contribution < -0.4 is 15.4 Å². The standard InChI is InChI=1S/C24H32N4O3/c1-4-19(3)25-23(29)17-27-12-14-28(15-13-27)24(30)26-20-8-10-21(11-9-20)31-22-7-5-6-18(2)16-22/h5-11,16,19H,4,12-15,17H2,1-3H3,(H,25,29)(H,26,30). The molecule has 1 heterocycles. The van der Waals surface area contributed by atoms with Crippen molar-refractivity contribution >= 4 is 17.6 Å². The number of rotatable bonds is 7. The van der Waals surface area contributed by atoms with Gasteiger partial charge in [0.25, 0.3) is 0 Å². The molecule has 2 N–H and O–H groups in total. The molecule has 7 nitrogen and oxygen atoms in total. The van der Waals surface area contributed by atoms with Gasteiger partial charge >= 0.3 is 6.03 Å². The fourth-order valence-electron chi connectivity index (χ4n) is 3.36. The molecule has 3 rings (SSSR count). The van der Waals surface area contributed by atoms with Crippen LogP contribution in [0.1, 0.15) is 25.8 Å². The third-order valence-corrected chi connectivity index (χ3v) is 5.38. The van der Waals surface area contributed by atoms with E-state index in [1.807, 2.05) is 69.3 Å². The highest BCUT2D eigenvalue weighted by Crippen LogP contribution is 2.23. The maximum atomic E-state index is 12.6. The van der Waals surface area contributed by atoms with Crippen molar-refractivity contribution in [2.75, 3.05) is 38.0 Å². The highest BCUT2D eigenvalue weighted by Gasteiger charge is 2.22. The molecule has 0 radical (unpaired) electrons. The van der Waals surface area contributed by atoms with Crippen LogP contribution in [0, 0.1) is 6.92 Å². The van der Waals surface area contributed by atoms with Crippen LogP contribution in [0.4, 0.5) is 10.5 Å². The summed E-state index contributed by atoms with van der Waals surface area (Å²) in [6.45, 7) is 9.01. The van der Waals surface area contributed by atoms with Gasteiger partial charge in [0.05, 0.1) is 6.54 Å². The Bertz CT molecular complexity index is 877. The monoisotopic (exact) mass is 424 g/mol. The van der Waals surface area contributed by atoms with Crippen LogP contribution in [-0.2, 0) is 4.79 Å². The van der Waals surface area contributed by atoms with E-state index < -0.39 is 0 Å². The zero-order valence-electron chi connectivity index (χ0n) is 18.6. The quantitative estimate of drug-likeness (QED) is 0.708. The van der Waals surface area contributed by atoms with Crippen LogP contribution in [0.15, 0.2) is 48.5 Å². The maximum Gasteiger partial charge on any atom is 0.321 e. The first-order chi connectivity index (χ1) is 14.9. The van der Waals surface area contributed by atoms with Gasteiger partial charge in [0.1, 0.15) is 11.5 Å². The number of ether oxygens (including phenoxy) is 1. The maximum absolute atomic E-state index is 12.6. The topological polar surface area (TPSA) is 73.9 Å². The molecule has 0 aromatic heterocycles. The number of anilines is 1. The summed E-state index contributed by atoms with van der Waals surface area (Å²) in [5, 5.41) is 5.92. The predicted molar refractivity (Wildman–Crippen MR) is 123 cm³/mol. The second kappa shape index (κ2) is 10.8. The van der Waals surface area contributed by atoms with Crippen molar-refractivity contribution < 1.29 is 14.3 Å². The Morgan fingerprint density at radius 2 is 1.74 bits per heavy atom. The number of carbonyl (C=O) groups excluding carboxylic acids is 2. The second-order valence-electron chi connectivity index (χ2n) is 8.01. The Hall–Kier alpha value is -3.06. The van der Waals surface area contributed by atoms with Crippen molar-refractivity contribution in [2.45, 2.75) is 33.2 Å². The van der Waals surface area contributed by atoms with Gasteiger partial charge in [-0.2, -0.15) is 0 Å². The average Bonchev–Trinajstić information content (AvgIpc) is 2.75. The van der Waals surface area contributed by atoms with E-state index in [4.69, 9.17) is 4.74 Å². The van der Waals surface area contributed by atoms with Gasteiger partial charge in [-0.05, 0) is 62.2 Å². The van der Waals surface area contributed by atoms with Crippen molar-refractivity contribution in [1.29, 1.82) is 0 Å². The van der Waals surface area contributed by atoms with E-state index in [2.05, 4.69) is 15.5 Å². The number of benzene rings is 2. The Balaban J connectivity index is 1.44. The van der Waals surface area contributed by atoms with E-state index in [0.717, 1.165) is 23.4 Å². The summed E-state index contributed by atoms with van der Waals surface area (Å²) >= 11 is 0. The van der Waals surface area contributed by atoms with Crippen LogP contribution in [0.2, 0.25) is 0 Å². The average molecular weight is 425 g/mol. The smallest absolute Gasteiger partial charge is 0.321 e. The van der Waals surface area contributed by atoms with Crippen molar-refractivity contribution in [3.8, 4) is 11.5 Å². The van der Waals surface area contributed by atoms with E-state index in [-0.39, 0.29) is 18.0 Å². The summed E-state index contributed by atoms with van der Waals surface area (Å²) < 4.78 is 5.85. The minimum absolute atomic E-state index is 0.0419. The molecule has 1 unspecified atom stereocenters. The van der Waals surface area contributed by atoms with E-state index in [0.29, 0.717) is 38.5 Å².